The molecule has 0 aliphatic carbocycles. The molecule has 0 radical (unpaired) electrons. The van der Waals surface area contributed by atoms with Crippen molar-refractivity contribution in [2.75, 3.05) is 32.8 Å². The van der Waals surface area contributed by atoms with Crippen LogP contribution >= 0.6 is 0 Å². The molecule has 2 aromatic rings. The maximum atomic E-state index is 13.4. The summed E-state index contributed by atoms with van der Waals surface area (Å²) in [6, 6.07) is 10.1. The lowest BCUT2D eigenvalue weighted by Gasteiger charge is -2.34. The number of carbonyl (C=O) groups is 1. The maximum absolute atomic E-state index is 13.4. The average Bonchev–Trinajstić information content (AvgIpc) is 2.75. The molecule has 1 saturated heterocycles. The van der Waals surface area contributed by atoms with Crippen LogP contribution in [0.3, 0.4) is 0 Å². The third-order valence-corrected chi connectivity index (χ3v) is 6.90. The number of sulfonamides is 1. The summed E-state index contributed by atoms with van der Waals surface area (Å²) in [6.45, 7) is 3.13. The number of ether oxygens (including phenoxy) is 1. The van der Waals surface area contributed by atoms with Gasteiger partial charge < -0.3 is 9.64 Å². The first kappa shape index (κ1) is 22.2. The van der Waals surface area contributed by atoms with Crippen molar-refractivity contribution in [1.82, 2.24) is 9.21 Å². The van der Waals surface area contributed by atoms with E-state index in [-0.39, 0.29) is 37.0 Å². The second-order valence-corrected chi connectivity index (χ2v) is 8.84. The molecule has 0 unspecified atom stereocenters. The van der Waals surface area contributed by atoms with Crippen molar-refractivity contribution in [2.24, 2.45) is 0 Å². The molecule has 9 heteroatoms. The predicted molar refractivity (Wildman–Crippen MR) is 108 cm³/mol. The lowest BCUT2D eigenvalue weighted by atomic mass is 10.1. The Hall–Kier alpha value is -2.52. The van der Waals surface area contributed by atoms with Gasteiger partial charge in [0, 0.05) is 32.6 Å². The van der Waals surface area contributed by atoms with Gasteiger partial charge >= 0.3 is 0 Å². The Morgan fingerprint density at radius 3 is 2.40 bits per heavy atom. The van der Waals surface area contributed by atoms with Gasteiger partial charge in [-0.15, -0.1) is 0 Å². The molecule has 1 amide bonds. The third-order valence-electron chi connectivity index (χ3n) is 5.00. The fourth-order valence-corrected chi connectivity index (χ4v) is 4.81. The summed E-state index contributed by atoms with van der Waals surface area (Å²) in [5.74, 6) is -1.62. The third kappa shape index (κ3) is 4.96. The Balaban J connectivity index is 1.57. The van der Waals surface area contributed by atoms with Gasteiger partial charge in [-0.1, -0.05) is 18.2 Å². The Morgan fingerprint density at radius 2 is 1.73 bits per heavy atom. The van der Waals surface area contributed by atoms with E-state index in [0.29, 0.717) is 25.5 Å². The molecule has 1 aliphatic rings. The number of hydrogen-bond donors (Lipinski definition) is 0. The summed E-state index contributed by atoms with van der Waals surface area (Å²) in [4.78, 5) is 13.9. The quantitative estimate of drug-likeness (QED) is 0.667. The number of halogens is 2. The summed E-state index contributed by atoms with van der Waals surface area (Å²) in [6.07, 6.45) is 0.822. The lowest BCUT2D eigenvalue weighted by molar-refractivity contribution is -0.132. The van der Waals surface area contributed by atoms with Gasteiger partial charge in [0.05, 0.1) is 11.5 Å². The monoisotopic (exact) mass is 438 g/mol. The molecule has 0 bridgehead atoms. The molecule has 1 heterocycles. The minimum atomic E-state index is -3.95. The highest BCUT2D eigenvalue weighted by molar-refractivity contribution is 7.89. The molecular weight excluding hydrogens is 414 g/mol. The summed E-state index contributed by atoms with van der Waals surface area (Å²) in [7, 11) is -3.95. The van der Waals surface area contributed by atoms with Crippen LogP contribution in [0, 0.1) is 11.6 Å². The van der Waals surface area contributed by atoms with E-state index >= 15 is 0 Å². The van der Waals surface area contributed by atoms with Crippen molar-refractivity contribution in [3.63, 3.8) is 0 Å². The molecule has 30 heavy (non-hydrogen) atoms. The second kappa shape index (κ2) is 9.53. The van der Waals surface area contributed by atoms with Gasteiger partial charge in [-0.2, -0.15) is 4.31 Å². The van der Waals surface area contributed by atoms with E-state index in [2.05, 4.69) is 0 Å². The van der Waals surface area contributed by atoms with Gasteiger partial charge in [0.25, 0.3) is 0 Å². The maximum Gasteiger partial charge on any atom is 0.243 e. The van der Waals surface area contributed by atoms with E-state index < -0.39 is 21.7 Å². The number of piperazine rings is 1. The lowest BCUT2D eigenvalue weighted by Crippen LogP contribution is -2.50. The number of amides is 1. The summed E-state index contributed by atoms with van der Waals surface area (Å²) >= 11 is 0. The fraction of sp³-hybridized carbons (Fsp3) is 0.381. The average molecular weight is 438 g/mol. The molecule has 1 fully saturated rings. The normalized spacial score (nSPS) is 15.2. The van der Waals surface area contributed by atoms with Crippen LogP contribution in [0.1, 0.15) is 18.9 Å². The van der Waals surface area contributed by atoms with E-state index in [4.69, 9.17) is 4.74 Å². The van der Waals surface area contributed by atoms with Gasteiger partial charge in [0.2, 0.25) is 15.9 Å². The van der Waals surface area contributed by atoms with E-state index in [1.165, 1.54) is 4.31 Å². The number of aryl methyl sites for hydroxylation is 1. The summed E-state index contributed by atoms with van der Waals surface area (Å²) in [5, 5.41) is 0. The first-order valence-corrected chi connectivity index (χ1v) is 11.2. The van der Waals surface area contributed by atoms with Crippen LogP contribution in [0.2, 0.25) is 0 Å². The molecule has 0 saturated carbocycles. The molecule has 0 N–H and O–H groups in total. The standard InChI is InChI=1S/C21H24F2N2O4S/c1-2-29-20-6-4-3-5-16(20)7-10-21(26)24-11-13-25(14-12-24)30(27,28)17-8-9-18(22)19(23)15-17/h3-6,8-9,15H,2,7,10-14H2,1H3. The molecule has 6 nitrogen and oxygen atoms in total. The zero-order valence-corrected chi connectivity index (χ0v) is 17.5. The van der Waals surface area contributed by atoms with Crippen LogP contribution in [0.4, 0.5) is 8.78 Å². The number of para-hydroxylation sites is 1. The minimum Gasteiger partial charge on any atom is -0.494 e. The summed E-state index contributed by atoms with van der Waals surface area (Å²) in [5.41, 5.74) is 0.951. The molecular formula is C21H24F2N2O4S. The molecule has 1 aliphatic heterocycles. The van der Waals surface area contributed by atoms with Gasteiger partial charge in [-0.25, -0.2) is 17.2 Å². The first-order chi connectivity index (χ1) is 14.3. The molecule has 0 aromatic heterocycles. The van der Waals surface area contributed by atoms with Crippen LogP contribution in [0.5, 0.6) is 5.75 Å². The topological polar surface area (TPSA) is 66.9 Å². The van der Waals surface area contributed by atoms with Crippen molar-refractivity contribution in [3.05, 3.63) is 59.7 Å². The van der Waals surface area contributed by atoms with Crippen LogP contribution < -0.4 is 4.74 Å². The highest BCUT2D eigenvalue weighted by Crippen LogP contribution is 2.22. The number of benzene rings is 2. The van der Waals surface area contributed by atoms with E-state index in [1.807, 2.05) is 31.2 Å². The fourth-order valence-electron chi connectivity index (χ4n) is 3.37. The van der Waals surface area contributed by atoms with Crippen molar-refractivity contribution in [3.8, 4) is 5.75 Å². The minimum absolute atomic E-state index is 0.0637. The van der Waals surface area contributed by atoms with Crippen molar-refractivity contribution < 1.29 is 26.7 Å². The first-order valence-electron chi connectivity index (χ1n) is 9.76. The Kier molecular flexibility index (Phi) is 7.04. The number of hydrogen-bond acceptors (Lipinski definition) is 4. The Bertz CT molecular complexity index is 1010. The van der Waals surface area contributed by atoms with Crippen LogP contribution in [0.15, 0.2) is 47.4 Å². The van der Waals surface area contributed by atoms with Gasteiger partial charge in [-0.3, -0.25) is 4.79 Å². The zero-order valence-electron chi connectivity index (χ0n) is 16.7. The second-order valence-electron chi connectivity index (χ2n) is 6.90. The summed E-state index contributed by atoms with van der Waals surface area (Å²) < 4.78 is 58.6. The van der Waals surface area contributed by atoms with Crippen molar-refractivity contribution in [1.29, 1.82) is 0 Å². The van der Waals surface area contributed by atoms with E-state index in [0.717, 1.165) is 23.4 Å². The van der Waals surface area contributed by atoms with Gasteiger partial charge in [-0.05, 0) is 43.2 Å². The Labute approximate surface area is 175 Å². The number of rotatable bonds is 7. The SMILES string of the molecule is CCOc1ccccc1CCC(=O)N1CCN(S(=O)(=O)c2ccc(F)c(F)c2)CC1. The van der Waals surface area contributed by atoms with E-state index in [1.54, 1.807) is 4.90 Å². The molecule has 2 aromatic carbocycles. The molecule has 3 rings (SSSR count). The van der Waals surface area contributed by atoms with Crippen molar-refractivity contribution in [2.45, 2.75) is 24.7 Å². The smallest absolute Gasteiger partial charge is 0.243 e. The highest BCUT2D eigenvalue weighted by atomic mass is 32.2. The zero-order chi connectivity index (χ0) is 21.7. The predicted octanol–water partition coefficient (Wildman–Crippen LogP) is 2.83. The van der Waals surface area contributed by atoms with Crippen LogP contribution in [-0.2, 0) is 21.2 Å². The number of carbonyl (C=O) groups excluding carboxylic acids is 1. The van der Waals surface area contributed by atoms with Crippen LogP contribution in [0.25, 0.3) is 0 Å². The molecule has 162 valence electrons. The molecule has 0 spiro atoms. The number of nitrogens with zero attached hydrogens (tertiary/aromatic N) is 2. The van der Waals surface area contributed by atoms with E-state index in [9.17, 15) is 22.0 Å². The van der Waals surface area contributed by atoms with Crippen LogP contribution in [-0.4, -0.2) is 56.3 Å². The van der Waals surface area contributed by atoms with Gasteiger partial charge in [0.1, 0.15) is 5.75 Å². The van der Waals surface area contributed by atoms with Crippen molar-refractivity contribution >= 4 is 15.9 Å². The Morgan fingerprint density at radius 1 is 1.03 bits per heavy atom. The largest absolute Gasteiger partial charge is 0.494 e. The molecule has 0 atom stereocenters. The highest BCUT2D eigenvalue weighted by Gasteiger charge is 2.30. The van der Waals surface area contributed by atoms with Gasteiger partial charge in [0.15, 0.2) is 11.6 Å².